The van der Waals surface area contributed by atoms with E-state index < -0.39 is 0 Å². The maximum atomic E-state index is 12.5. The van der Waals surface area contributed by atoms with Gasteiger partial charge in [0.1, 0.15) is 5.82 Å². The zero-order valence-electron chi connectivity index (χ0n) is 16.3. The standard InChI is InChI=1S/C17H30N8O2/c1-3-23(4-2)17(26)25-7-5-22(6-8-25)13-14-19-15(18)21-16(20-14)24-9-11-27-12-10-24/h3-13H2,1-2H3,(H2,18,19,20,21). The molecule has 0 spiro atoms. The van der Waals surface area contributed by atoms with E-state index in [-0.39, 0.29) is 12.0 Å². The van der Waals surface area contributed by atoms with Gasteiger partial charge in [-0.3, -0.25) is 4.90 Å². The number of aromatic nitrogens is 3. The van der Waals surface area contributed by atoms with Crippen LogP contribution in [0.15, 0.2) is 0 Å². The highest BCUT2D eigenvalue weighted by Gasteiger charge is 2.25. The normalized spacial score (nSPS) is 18.6. The van der Waals surface area contributed by atoms with Crippen LogP contribution in [-0.2, 0) is 11.3 Å². The van der Waals surface area contributed by atoms with Crippen LogP contribution < -0.4 is 10.6 Å². The van der Waals surface area contributed by atoms with Gasteiger partial charge >= 0.3 is 6.03 Å². The van der Waals surface area contributed by atoms with Gasteiger partial charge < -0.3 is 25.2 Å². The van der Waals surface area contributed by atoms with Crippen molar-refractivity contribution in [3.63, 3.8) is 0 Å². The average molecular weight is 378 g/mol. The summed E-state index contributed by atoms with van der Waals surface area (Å²) in [5.74, 6) is 1.54. The maximum Gasteiger partial charge on any atom is 0.320 e. The predicted molar refractivity (Wildman–Crippen MR) is 102 cm³/mol. The summed E-state index contributed by atoms with van der Waals surface area (Å²) < 4.78 is 5.38. The molecular weight excluding hydrogens is 348 g/mol. The molecule has 3 heterocycles. The number of urea groups is 1. The molecule has 27 heavy (non-hydrogen) atoms. The summed E-state index contributed by atoms with van der Waals surface area (Å²) in [4.78, 5) is 33.7. The SMILES string of the molecule is CCN(CC)C(=O)N1CCN(Cc2nc(N)nc(N3CCOCC3)n2)CC1. The molecule has 3 rings (SSSR count). The van der Waals surface area contributed by atoms with E-state index in [1.807, 2.05) is 23.6 Å². The Labute approximate surface area is 160 Å². The van der Waals surface area contributed by atoms with E-state index in [2.05, 4.69) is 24.8 Å². The van der Waals surface area contributed by atoms with Crippen LogP contribution in [0.4, 0.5) is 16.7 Å². The van der Waals surface area contributed by atoms with Crippen molar-refractivity contribution >= 4 is 17.9 Å². The van der Waals surface area contributed by atoms with Crippen LogP contribution in [0.1, 0.15) is 19.7 Å². The van der Waals surface area contributed by atoms with Gasteiger partial charge in [-0.15, -0.1) is 0 Å². The Bertz CT molecular complexity index is 625. The van der Waals surface area contributed by atoms with Crippen LogP contribution in [-0.4, -0.2) is 101 Å². The lowest BCUT2D eigenvalue weighted by Crippen LogP contribution is -2.52. The van der Waals surface area contributed by atoms with Gasteiger partial charge in [-0.05, 0) is 13.8 Å². The lowest BCUT2D eigenvalue weighted by atomic mass is 10.3. The molecule has 0 unspecified atom stereocenters. The van der Waals surface area contributed by atoms with Gasteiger partial charge in [-0.25, -0.2) is 4.79 Å². The van der Waals surface area contributed by atoms with Gasteiger partial charge in [-0.2, -0.15) is 15.0 Å². The third kappa shape index (κ3) is 4.95. The third-order valence-corrected chi connectivity index (χ3v) is 5.02. The summed E-state index contributed by atoms with van der Waals surface area (Å²) >= 11 is 0. The van der Waals surface area contributed by atoms with Gasteiger partial charge in [0.05, 0.1) is 19.8 Å². The van der Waals surface area contributed by atoms with Crippen molar-refractivity contribution in [1.29, 1.82) is 0 Å². The number of nitrogens with zero attached hydrogens (tertiary/aromatic N) is 7. The van der Waals surface area contributed by atoms with Crippen LogP contribution in [0.25, 0.3) is 0 Å². The molecule has 0 bridgehead atoms. The summed E-state index contributed by atoms with van der Waals surface area (Å²) in [5, 5.41) is 0. The minimum Gasteiger partial charge on any atom is -0.378 e. The first-order chi connectivity index (χ1) is 13.1. The summed E-state index contributed by atoms with van der Waals surface area (Å²) in [7, 11) is 0. The molecule has 2 aliphatic heterocycles. The quantitative estimate of drug-likeness (QED) is 0.756. The van der Waals surface area contributed by atoms with Crippen LogP contribution in [0.2, 0.25) is 0 Å². The molecular formula is C17H30N8O2. The van der Waals surface area contributed by atoms with E-state index >= 15 is 0 Å². The van der Waals surface area contributed by atoms with Crippen molar-refractivity contribution in [2.45, 2.75) is 20.4 Å². The Hall–Kier alpha value is -2.20. The minimum atomic E-state index is 0.124. The number of morpholine rings is 1. The number of ether oxygens (including phenoxy) is 1. The average Bonchev–Trinajstić information content (AvgIpc) is 2.69. The van der Waals surface area contributed by atoms with Crippen LogP contribution in [0.5, 0.6) is 0 Å². The van der Waals surface area contributed by atoms with Crippen molar-refractivity contribution in [2.75, 3.05) is 76.2 Å². The molecule has 0 atom stereocenters. The monoisotopic (exact) mass is 378 g/mol. The second-order valence-electron chi connectivity index (χ2n) is 6.73. The predicted octanol–water partition coefficient (Wildman–Crippen LogP) is -0.130. The number of hydrogen-bond donors (Lipinski definition) is 1. The van der Waals surface area contributed by atoms with Gasteiger partial charge in [-0.1, -0.05) is 0 Å². The molecule has 2 amide bonds. The molecule has 1 aromatic rings. The third-order valence-electron chi connectivity index (χ3n) is 5.02. The first-order valence-electron chi connectivity index (χ1n) is 9.70. The highest BCUT2D eigenvalue weighted by Crippen LogP contribution is 2.14. The Morgan fingerprint density at radius 1 is 1.04 bits per heavy atom. The molecule has 10 nitrogen and oxygen atoms in total. The fourth-order valence-corrected chi connectivity index (χ4v) is 3.39. The Morgan fingerprint density at radius 2 is 1.70 bits per heavy atom. The number of nitrogen functional groups attached to an aromatic ring is 1. The number of rotatable bonds is 5. The zero-order valence-corrected chi connectivity index (χ0v) is 16.3. The van der Waals surface area contributed by atoms with E-state index in [1.54, 1.807) is 0 Å². The Balaban J connectivity index is 1.57. The second kappa shape index (κ2) is 9.14. The largest absolute Gasteiger partial charge is 0.378 e. The number of anilines is 2. The maximum absolute atomic E-state index is 12.5. The molecule has 0 radical (unpaired) electrons. The first-order valence-corrected chi connectivity index (χ1v) is 9.70. The molecule has 10 heteroatoms. The topological polar surface area (TPSA) is 104 Å². The van der Waals surface area contributed by atoms with Crippen molar-refractivity contribution in [2.24, 2.45) is 0 Å². The van der Waals surface area contributed by atoms with E-state index in [4.69, 9.17) is 10.5 Å². The van der Waals surface area contributed by atoms with Gasteiger partial charge in [0.25, 0.3) is 0 Å². The van der Waals surface area contributed by atoms with E-state index in [1.165, 1.54) is 0 Å². The van der Waals surface area contributed by atoms with Gasteiger partial charge in [0, 0.05) is 52.4 Å². The molecule has 2 aliphatic rings. The number of hydrogen-bond acceptors (Lipinski definition) is 8. The molecule has 0 saturated carbocycles. The summed E-state index contributed by atoms with van der Waals surface area (Å²) in [6, 6.07) is 0.124. The molecule has 150 valence electrons. The molecule has 2 fully saturated rings. The fourth-order valence-electron chi connectivity index (χ4n) is 3.39. The molecule has 2 saturated heterocycles. The van der Waals surface area contributed by atoms with E-state index in [9.17, 15) is 4.79 Å². The van der Waals surface area contributed by atoms with Crippen LogP contribution in [0.3, 0.4) is 0 Å². The number of carbonyl (C=O) groups excluding carboxylic acids is 1. The summed E-state index contributed by atoms with van der Waals surface area (Å²) in [5.41, 5.74) is 5.90. The highest BCUT2D eigenvalue weighted by molar-refractivity contribution is 5.74. The Kier molecular flexibility index (Phi) is 6.62. The minimum absolute atomic E-state index is 0.124. The van der Waals surface area contributed by atoms with E-state index in [0.29, 0.717) is 44.6 Å². The van der Waals surface area contributed by atoms with Crippen LogP contribution in [0, 0.1) is 0 Å². The van der Waals surface area contributed by atoms with Crippen molar-refractivity contribution in [3.05, 3.63) is 5.82 Å². The fraction of sp³-hybridized carbons (Fsp3) is 0.765. The van der Waals surface area contributed by atoms with Gasteiger partial charge in [0.2, 0.25) is 11.9 Å². The summed E-state index contributed by atoms with van der Waals surface area (Å²) in [6.07, 6.45) is 0. The molecule has 0 aliphatic carbocycles. The number of amides is 2. The van der Waals surface area contributed by atoms with Crippen molar-refractivity contribution < 1.29 is 9.53 Å². The lowest BCUT2D eigenvalue weighted by Gasteiger charge is -2.36. The smallest absolute Gasteiger partial charge is 0.320 e. The van der Waals surface area contributed by atoms with Crippen molar-refractivity contribution in [1.82, 2.24) is 29.7 Å². The molecule has 1 aromatic heterocycles. The zero-order chi connectivity index (χ0) is 19.2. The number of carbonyl (C=O) groups is 1. The van der Waals surface area contributed by atoms with E-state index in [0.717, 1.165) is 39.3 Å². The molecule has 2 N–H and O–H groups in total. The summed E-state index contributed by atoms with van der Waals surface area (Å²) in [6.45, 7) is 12.0. The highest BCUT2D eigenvalue weighted by atomic mass is 16.5. The van der Waals surface area contributed by atoms with Gasteiger partial charge in [0.15, 0.2) is 0 Å². The second-order valence-corrected chi connectivity index (χ2v) is 6.73. The number of nitrogens with two attached hydrogens (primary N) is 1. The lowest BCUT2D eigenvalue weighted by molar-refractivity contribution is 0.111. The first kappa shape index (κ1) is 19.6. The number of piperazine rings is 1. The van der Waals surface area contributed by atoms with Crippen LogP contribution >= 0.6 is 0 Å². The Morgan fingerprint density at radius 3 is 2.33 bits per heavy atom. The van der Waals surface area contributed by atoms with Crippen molar-refractivity contribution in [3.8, 4) is 0 Å². The molecule has 0 aromatic carbocycles.